The van der Waals surface area contributed by atoms with Gasteiger partial charge in [0.25, 0.3) is 0 Å². The first-order valence-electron chi connectivity index (χ1n) is 14.8. The molecule has 2 aromatic heterocycles. The fourth-order valence-corrected chi connectivity index (χ4v) is 5.84. The summed E-state index contributed by atoms with van der Waals surface area (Å²) in [5.41, 5.74) is 17.1. The Hall–Kier alpha value is -3.47. The third kappa shape index (κ3) is 6.72. The van der Waals surface area contributed by atoms with Gasteiger partial charge in [-0.1, -0.05) is 62.4 Å². The van der Waals surface area contributed by atoms with Crippen LogP contribution >= 0.6 is 0 Å². The van der Waals surface area contributed by atoms with Gasteiger partial charge in [0.1, 0.15) is 0 Å². The smallest absolute Gasteiger partial charge is 0.0969 e. The Balaban J connectivity index is 1.95. The van der Waals surface area contributed by atoms with Crippen LogP contribution < -0.4 is 5.73 Å². The Morgan fingerprint density at radius 1 is 1.12 bits per heavy atom. The normalized spacial score (nSPS) is 13.3. The Kier molecular flexibility index (Phi) is 9.68. The molecule has 0 bridgehead atoms. The molecule has 4 heteroatoms. The van der Waals surface area contributed by atoms with E-state index in [0.29, 0.717) is 0 Å². The summed E-state index contributed by atoms with van der Waals surface area (Å²) in [6.07, 6.45) is 7.60. The van der Waals surface area contributed by atoms with E-state index in [2.05, 4.69) is 94.0 Å². The maximum absolute atomic E-state index is 6.34. The summed E-state index contributed by atoms with van der Waals surface area (Å²) >= 11 is 0. The van der Waals surface area contributed by atoms with Gasteiger partial charge < -0.3 is 15.0 Å². The van der Waals surface area contributed by atoms with Crippen LogP contribution in [0.25, 0.3) is 33.3 Å². The molecule has 0 saturated heterocycles. The number of pyridine rings is 1. The molecule has 4 rings (SSSR count). The van der Waals surface area contributed by atoms with Crippen LogP contribution in [0.15, 0.2) is 85.6 Å². The number of ether oxygens (including phenoxy) is 1. The third-order valence-corrected chi connectivity index (χ3v) is 8.35. The summed E-state index contributed by atoms with van der Waals surface area (Å²) < 4.78 is 8.23. The van der Waals surface area contributed by atoms with Gasteiger partial charge in [0.2, 0.25) is 0 Å². The summed E-state index contributed by atoms with van der Waals surface area (Å²) in [7, 11) is 1.75. The van der Waals surface area contributed by atoms with Gasteiger partial charge in [0.05, 0.1) is 17.5 Å². The highest BCUT2D eigenvalue weighted by atomic mass is 16.5. The lowest BCUT2D eigenvalue weighted by atomic mass is 9.80. The molecule has 0 aliphatic heterocycles. The zero-order valence-corrected chi connectivity index (χ0v) is 25.8. The van der Waals surface area contributed by atoms with Crippen molar-refractivity contribution in [1.82, 2.24) is 9.55 Å². The quantitative estimate of drug-likeness (QED) is 0.169. The molecule has 4 aromatic rings. The van der Waals surface area contributed by atoms with E-state index >= 15 is 0 Å². The van der Waals surface area contributed by atoms with Crippen LogP contribution in [-0.4, -0.2) is 22.7 Å². The van der Waals surface area contributed by atoms with Crippen LogP contribution in [0.4, 0.5) is 0 Å². The second-order valence-electron chi connectivity index (χ2n) is 12.1. The summed E-state index contributed by atoms with van der Waals surface area (Å²) in [5.74, 6) is 0. The van der Waals surface area contributed by atoms with Gasteiger partial charge in [-0.25, -0.2) is 0 Å². The maximum Gasteiger partial charge on any atom is 0.0969 e. The molecule has 216 valence electrons. The van der Waals surface area contributed by atoms with Gasteiger partial charge in [-0.2, -0.15) is 0 Å². The fourth-order valence-electron chi connectivity index (χ4n) is 5.84. The van der Waals surface area contributed by atoms with E-state index in [1.165, 1.54) is 38.9 Å². The number of hydrogen-bond acceptors (Lipinski definition) is 3. The Bertz CT molecular complexity index is 1530. The lowest BCUT2D eigenvalue weighted by Crippen LogP contribution is -2.23. The molecule has 0 saturated carbocycles. The van der Waals surface area contributed by atoms with Crippen molar-refractivity contribution in [3.63, 3.8) is 0 Å². The first-order chi connectivity index (χ1) is 19.6. The van der Waals surface area contributed by atoms with Crippen LogP contribution in [0.3, 0.4) is 0 Å². The minimum absolute atomic E-state index is 0.0403. The van der Waals surface area contributed by atoms with Crippen LogP contribution in [0, 0.1) is 5.41 Å². The predicted octanol–water partition coefficient (Wildman–Crippen LogP) is 9.08. The molecule has 0 aliphatic rings. The van der Waals surface area contributed by atoms with Crippen molar-refractivity contribution in [2.45, 2.75) is 79.0 Å². The summed E-state index contributed by atoms with van der Waals surface area (Å²) in [6.45, 7) is 19.9. The lowest BCUT2D eigenvalue weighted by Gasteiger charge is -2.25. The molecule has 4 nitrogen and oxygen atoms in total. The number of fused-ring (bicyclic) bond motifs is 1. The Labute approximate surface area is 247 Å². The van der Waals surface area contributed by atoms with Crippen molar-refractivity contribution in [2.24, 2.45) is 11.1 Å². The van der Waals surface area contributed by atoms with Crippen molar-refractivity contribution in [3.8, 4) is 22.4 Å². The molecule has 0 fully saturated rings. The van der Waals surface area contributed by atoms with Crippen LogP contribution in [0.2, 0.25) is 0 Å². The highest BCUT2D eigenvalue weighted by Gasteiger charge is 2.27. The zero-order valence-electron chi connectivity index (χ0n) is 25.8. The van der Waals surface area contributed by atoms with E-state index in [-0.39, 0.29) is 17.6 Å². The molecule has 2 aromatic carbocycles. The standard InChI is InChI=1S/C37H47N3O/c1-9-11-19-37(6,7)24-32-31-23-29(28-15-12-14-27(21-28)22-33(38)25(3)4)17-18-34(31)40(10-2)36(32)30-16-13-20-39-35(30)26(5)41-8/h9,12-18,20-21,23,26,33H,1,3,10-11,19,22,24,38H2,2,4-8H3. The van der Waals surface area contributed by atoms with Gasteiger partial charge in [0.15, 0.2) is 0 Å². The highest BCUT2D eigenvalue weighted by molar-refractivity contribution is 5.95. The molecular formula is C37H47N3O. The van der Waals surface area contributed by atoms with E-state index in [0.717, 1.165) is 49.1 Å². The summed E-state index contributed by atoms with van der Waals surface area (Å²) in [5, 5.41) is 1.30. The number of aromatic nitrogens is 2. The topological polar surface area (TPSA) is 53.1 Å². The molecule has 0 radical (unpaired) electrons. The number of nitrogens with two attached hydrogens (primary N) is 1. The Morgan fingerprint density at radius 3 is 2.56 bits per heavy atom. The van der Waals surface area contributed by atoms with Gasteiger partial charge in [-0.05, 0) is 98.4 Å². The Morgan fingerprint density at radius 2 is 1.88 bits per heavy atom. The van der Waals surface area contributed by atoms with Crippen molar-refractivity contribution in [1.29, 1.82) is 0 Å². The third-order valence-electron chi connectivity index (χ3n) is 8.35. The van der Waals surface area contributed by atoms with Crippen molar-refractivity contribution in [3.05, 3.63) is 102 Å². The number of aryl methyl sites for hydroxylation is 1. The van der Waals surface area contributed by atoms with Gasteiger partial charge >= 0.3 is 0 Å². The number of rotatable bonds is 13. The minimum Gasteiger partial charge on any atom is -0.375 e. The second kappa shape index (κ2) is 13.0. The van der Waals surface area contributed by atoms with Gasteiger partial charge in [0, 0.05) is 42.4 Å². The molecule has 0 aliphatic carbocycles. The lowest BCUT2D eigenvalue weighted by molar-refractivity contribution is 0.116. The summed E-state index contributed by atoms with van der Waals surface area (Å²) in [6, 6.07) is 19.9. The van der Waals surface area contributed by atoms with E-state index < -0.39 is 0 Å². The number of hydrogen-bond donors (Lipinski definition) is 1. The number of methoxy groups -OCH3 is 1. The van der Waals surface area contributed by atoms with E-state index in [1.54, 1.807) is 7.11 Å². The van der Waals surface area contributed by atoms with E-state index in [1.807, 2.05) is 25.3 Å². The van der Waals surface area contributed by atoms with Crippen molar-refractivity contribution >= 4 is 10.9 Å². The second-order valence-corrected chi connectivity index (χ2v) is 12.1. The van der Waals surface area contributed by atoms with E-state index in [4.69, 9.17) is 15.5 Å². The number of benzene rings is 2. The molecule has 0 amide bonds. The summed E-state index contributed by atoms with van der Waals surface area (Å²) in [4.78, 5) is 4.80. The van der Waals surface area contributed by atoms with Gasteiger partial charge in [-0.3, -0.25) is 4.98 Å². The number of nitrogens with zero attached hydrogens (tertiary/aromatic N) is 2. The average Bonchev–Trinajstić information content (AvgIpc) is 3.27. The monoisotopic (exact) mass is 549 g/mol. The van der Waals surface area contributed by atoms with Crippen LogP contribution in [0.5, 0.6) is 0 Å². The average molecular weight is 550 g/mol. The van der Waals surface area contributed by atoms with Crippen molar-refractivity contribution in [2.75, 3.05) is 7.11 Å². The molecule has 41 heavy (non-hydrogen) atoms. The molecule has 2 unspecified atom stereocenters. The predicted molar refractivity (Wildman–Crippen MR) is 175 cm³/mol. The largest absolute Gasteiger partial charge is 0.375 e. The molecule has 2 heterocycles. The van der Waals surface area contributed by atoms with Gasteiger partial charge in [-0.15, -0.1) is 6.58 Å². The molecule has 2 atom stereocenters. The zero-order chi connectivity index (χ0) is 29.7. The minimum atomic E-state index is -0.111. The molecular weight excluding hydrogens is 502 g/mol. The van der Waals surface area contributed by atoms with Crippen LogP contribution in [-0.2, 0) is 24.1 Å². The SMILES string of the molecule is C=CCCC(C)(C)Cc1c(-c2cccnc2C(C)OC)n(CC)c2ccc(-c3cccc(CC(N)C(=C)C)c3)cc12. The number of allylic oxidation sites excluding steroid dienone is 1. The first kappa shape index (κ1) is 30.5. The highest BCUT2D eigenvalue weighted by Crippen LogP contribution is 2.42. The van der Waals surface area contributed by atoms with E-state index in [9.17, 15) is 0 Å². The fraction of sp³-hybridized carbons (Fsp3) is 0.378. The molecule has 2 N–H and O–H groups in total. The van der Waals surface area contributed by atoms with Crippen LogP contribution in [0.1, 0.15) is 70.4 Å². The molecule has 0 spiro atoms. The van der Waals surface area contributed by atoms with Crippen molar-refractivity contribution < 1.29 is 4.74 Å². The first-order valence-corrected chi connectivity index (χ1v) is 14.8. The maximum atomic E-state index is 6.34.